The number of fused-ring (bicyclic) bond motifs is 16. The molecule has 3 aliphatic rings. The average molecular weight is 922 g/mol. The van der Waals surface area contributed by atoms with Crippen molar-refractivity contribution in [2.75, 3.05) is 0 Å². The topological polar surface area (TPSA) is 38.7 Å². The first-order valence-corrected chi connectivity index (χ1v) is 25.5. The highest BCUT2D eigenvalue weighted by Gasteiger charge is 2.52. The molecular formula is C67H43N3S. The van der Waals surface area contributed by atoms with Gasteiger partial charge >= 0.3 is 0 Å². The number of hydrogen-bond donors (Lipinski definition) is 0. The molecule has 1 atom stereocenters. The monoisotopic (exact) mass is 921 g/mol. The van der Waals surface area contributed by atoms with Crippen LogP contribution in [0.4, 0.5) is 0 Å². The van der Waals surface area contributed by atoms with Crippen LogP contribution in [0, 0.1) is 0 Å². The highest BCUT2D eigenvalue weighted by Crippen LogP contribution is 2.63. The molecule has 4 heteroatoms. The third kappa shape index (κ3) is 6.05. The highest BCUT2D eigenvalue weighted by atomic mass is 32.1. The van der Waals surface area contributed by atoms with Crippen LogP contribution in [0.1, 0.15) is 51.3 Å². The molecule has 2 heterocycles. The SMILES string of the molecule is c1ccc(-c2nc(-c3ccccc3)nc(-c3cccc4sc5ccc(-c6ccc7c(c6)-c6cc8c(cc6CCC7c6ccccc6)C6(c7ccccc7-c7ccccc76)c6ccccc6-8)cc5c34)n2)cc1. The van der Waals surface area contributed by atoms with Crippen molar-refractivity contribution < 1.29 is 0 Å². The van der Waals surface area contributed by atoms with Gasteiger partial charge in [-0.1, -0.05) is 200 Å². The quantitative estimate of drug-likeness (QED) is 0.173. The molecule has 3 nitrogen and oxygen atoms in total. The minimum atomic E-state index is -0.380. The van der Waals surface area contributed by atoms with Gasteiger partial charge in [0.15, 0.2) is 17.5 Å². The Hall–Kier alpha value is -8.57. The summed E-state index contributed by atoms with van der Waals surface area (Å²) in [4.78, 5) is 15.4. The lowest BCUT2D eigenvalue weighted by atomic mass is 9.70. The summed E-state index contributed by atoms with van der Waals surface area (Å²) in [5, 5.41) is 2.37. The first-order chi connectivity index (χ1) is 35.2. The third-order valence-corrected chi connectivity index (χ3v) is 16.7. The van der Waals surface area contributed by atoms with Crippen molar-refractivity contribution in [1.82, 2.24) is 15.0 Å². The van der Waals surface area contributed by atoms with Gasteiger partial charge in [0.25, 0.3) is 0 Å². The average Bonchev–Trinajstić information content (AvgIpc) is 4.03. The van der Waals surface area contributed by atoms with Crippen LogP contribution in [0.3, 0.4) is 0 Å². The predicted molar refractivity (Wildman–Crippen MR) is 293 cm³/mol. The lowest BCUT2D eigenvalue weighted by Gasteiger charge is -2.31. The summed E-state index contributed by atoms with van der Waals surface area (Å²) >= 11 is 1.82. The van der Waals surface area contributed by atoms with E-state index in [0.29, 0.717) is 17.5 Å². The Morgan fingerprint density at radius 1 is 0.366 bits per heavy atom. The van der Waals surface area contributed by atoms with Crippen LogP contribution in [0.5, 0.6) is 0 Å². The molecule has 0 amide bonds. The van der Waals surface area contributed by atoms with Gasteiger partial charge in [-0.3, -0.25) is 0 Å². The summed E-state index contributed by atoms with van der Waals surface area (Å²) < 4.78 is 2.44. The smallest absolute Gasteiger partial charge is 0.164 e. The van der Waals surface area contributed by atoms with Crippen LogP contribution in [0.15, 0.2) is 231 Å². The summed E-state index contributed by atoms with van der Waals surface area (Å²) in [6.45, 7) is 0. The van der Waals surface area contributed by atoms with Gasteiger partial charge in [0.2, 0.25) is 0 Å². The normalized spacial score (nSPS) is 14.6. The number of hydrogen-bond acceptors (Lipinski definition) is 4. The standard InChI is InChI=1S/C67H43N3S/c1-4-17-41(18-5-1)47-34-32-46-39-60-55(51-25-12-15-29-59(51)67(60)57-27-13-10-23-49(57)50-24-11-14-28-58(50)67)40-53(46)54-37-44(31-35-48(47)54)45-33-36-61-56(38-45)63-52(26-16-30-62(63)71-61)66-69-64(42-19-6-2-7-20-42)68-65(70-66)43-21-8-3-9-22-43/h1-31,33,35-40,47H,32,34H2. The molecule has 10 aromatic carbocycles. The van der Waals surface area contributed by atoms with Crippen molar-refractivity contribution in [2.24, 2.45) is 0 Å². The Balaban J connectivity index is 0.924. The van der Waals surface area contributed by atoms with E-state index in [9.17, 15) is 0 Å². The molecule has 0 N–H and O–H groups in total. The van der Waals surface area contributed by atoms with E-state index in [4.69, 9.17) is 15.0 Å². The molecule has 0 saturated carbocycles. The van der Waals surface area contributed by atoms with E-state index in [1.165, 1.54) is 104 Å². The molecule has 15 rings (SSSR count). The van der Waals surface area contributed by atoms with Crippen LogP contribution in [0.25, 0.3) is 98.8 Å². The van der Waals surface area contributed by atoms with Crippen molar-refractivity contribution >= 4 is 31.5 Å². The van der Waals surface area contributed by atoms with Crippen LogP contribution >= 0.6 is 11.3 Å². The second-order valence-electron chi connectivity index (χ2n) is 19.3. The number of rotatable bonds is 5. The van der Waals surface area contributed by atoms with Gasteiger partial charge in [-0.25, -0.2) is 15.0 Å². The van der Waals surface area contributed by atoms with Crippen molar-refractivity contribution in [3.05, 3.63) is 269 Å². The first kappa shape index (κ1) is 40.3. The molecule has 0 fully saturated rings. The van der Waals surface area contributed by atoms with E-state index in [1.54, 1.807) is 0 Å². The van der Waals surface area contributed by atoms with E-state index in [1.807, 2.05) is 47.7 Å². The Labute approximate surface area is 416 Å². The van der Waals surface area contributed by atoms with E-state index in [0.717, 1.165) is 29.5 Å². The fraction of sp³-hybridized carbons (Fsp3) is 0.0597. The van der Waals surface area contributed by atoms with Crippen molar-refractivity contribution in [2.45, 2.75) is 24.2 Å². The molecule has 0 bridgehead atoms. The molecule has 3 aliphatic carbocycles. The maximum Gasteiger partial charge on any atom is 0.164 e. The fourth-order valence-corrected chi connectivity index (χ4v) is 13.6. The number of aryl methyl sites for hydroxylation is 1. The molecule has 2 aromatic heterocycles. The molecule has 1 unspecified atom stereocenters. The first-order valence-electron chi connectivity index (χ1n) is 24.7. The Morgan fingerprint density at radius 2 is 0.915 bits per heavy atom. The molecule has 0 aliphatic heterocycles. The van der Waals surface area contributed by atoms with Gasteiger partial charge in [0.05, 0.1) is 5.41 Å². The molecule has 332 valence electrons. The minimum Gasteiger partial charge on any atom is -0.208 e. The second-order valence-corrected chi connectivity index (χ2v) is 20.4. The van der Waals surface area contributed by atoms with E-state index in [-0.39, 0.29) is 11.3 Å². The molecule has 12 aromatic rings. The largest absolute Gasteiger partial charge is 0.208 e. The molecule has 0 radical (unpaired) electrons. The van der Waals surface area contributed by atoms with Gasteiger partial charge in [0.1, 0.15) is 0 Å². The molecule has 1 spiro atoms. The summed E-state index contributed by atoms with van der Waals surface area (Å²) in [5.74, 6) is 2.24. The fourth-order valence-electron chi connectivity index (χ4n) is 12.5. The zero-order valence-corrected chi connectivity index (χ0v) is 39.5. The maximum absolute atomic E-state index is 5.19. The number of aromatic nitrogens is 3. The molecule has 71 heavy (non-hydrogen) atoms. The number of thiophene rings is 1. The Bertz CT molecular complexity index is 4020. The van der Waals surface area contributed by atoms with E-state index >= 15 is 0 Å². The lowest BCUT2D eigenvalue weighted by molar-refractivity contribution is 0.723. The zero-order chi connectivity index (χ0) is 46.6. The van der Waals surface area contributed by atoms with Crippen molar-refractivity contribution in [3.63, 3.8) is 0 Å². The Kier molecular flexibility index (Phi) is 8.93. The third-order valence-electron chi connectivity index (χ3n) is 15.6. The lowest BCUT2D eigenvalue weighted by Crippen LogP contribution is -2.26. The Morgan fingerprint density at radius 3 is 1.58 bits per heavy atom. The summed E-state index contributed by atoms with van der Waals surface area (Å²) in [5.41, 5.74) is 22.7. The van der Waals surface area contributed by atoms with Gasteiger partial charge in [0, 0.05) is 42.8 Å². The number of nitrogens with zero attached hydrogens (tertiary/aromatic N) is 3. The molecular weight excluding hydrogens is 879 g/mol. The zero-order valence-electron chi connectivity index (χ0n) is 38.7. The van der Waals surface area contributed by atoms with Crippen LogP contribution < -0.4 is 0 Å². The van der Waals surface area contributed by atoms with Gasteiger partial charge in [-0.05, 0) is 127 Å². The minimum absolute atomic E-state index is 0.254. The van der Waals surface area contributed by atoms with Crippen LogP contribution in [-0.2, 0) is 11.8 Å². The highest BCUT2D eigenvalue weighted by molar-refractivity contribution is 7.26. The summed E-state index contributed by atoms with van der Waals surface area (Å²) in [6.07, 6.45) is 2.01. The van der Waals surface area contributed by atoms with Gasteiger partial charge < -0.3 is 0 Å². The van der Waals surface area contributed by atoms with E-state index < -0.39 is 0 Å². The second kappa shape index (κ2) is 15.7. The van der Waals surface area contributed by atoms with Gasteiger partial charge in [-0.15, -0.1) is 11.3 Å². The van der Waals surface area contributed by atoms with E-state index in [2.05, 4.69) is 194 Å². The summed E-state index contributed by atoms with van der Waals surface area (Å²) in [6, 6.07) is 85.1. The van der Waals surface area contributed by atoms with Crippen LogP contribution in [0.2, 0.25) is 0 Å². The number of benzene rings is 10. The maximum atomic E-state index is 5.19. The van der Waals surface area contributed by atoms with Crippen LogP contribution in [-0.4, -0.2) is 15.0 Å². The van der Waals surface area contributed by atoms with Crippen molar-refractivity contribution in [3.8, 4) is 78.7 Å². The summed E-state index contributed by atoms with van der Waals surface area (Å²) in [7, 11) is 0. The molecule has 0 saturated heterocycles. The predicted octanol–water partition coefficient (Wildman–Crippen LogP) is 17.0. The van der Waals surface area contributed by atoms with Gasteiger partial charge in [-0.2, -0.15) is 0 Å². The van der Waals surface area contributed by atoms with Crippen molar-refractivity contribution in [1.29, 1.82) is 0 Å².